The highest BCUT2D eigenvalue weighted by Gasteiger charge is 2.58. The summed E-state index contributed by atoms with van der Waals surface area (Å²) in [6, 6.07) is 9.32. The molecule has 7 nitrogen and oxygen atoms in total. The fourth-order valence-electron chi connectivity index (χ4n) is 4.38. The molecule has 1 aromatic carbocycles. The highest BCUT2D eigenvalue weighted by Crippen LogP contribution is 2.54. The van der Waals surface area contributed by atoms with Crippen molar-refractivity contribution in [2.75, 3.05) is 25.0 Å². The van der Waals surface area contributed by atoms with Gasteiger partial charge in [0.1, 0.15) is 11.1 Å². The minimum absolute atomic E-state index is 0.0726. The van der Waals surface area contributed by atoms with Crippen molar-refractivity contribution in [1.29, 1.82) is 0 Å². The molecule has 2 N–H and O–H groups in total. The van der Waals surface area contributed by atoms with Gasteiger partial charge in [-0.1, -0.05) is 37.8 Å². The zero-order chi connectivity index (χ0) is 21.4. The summed E-state index contributed by atoms with van der Waals surface area (Å²) < 4.78 is 0. The summed E-state index contributed by atoms with van der Waals surface area (Å²) >= 11 is 5.51. The third-order valence-corrected chi connectivity index (χ3v) is 7.65. The summed E-state index contributed by atoms with van der Waals surface area (Å²) in [7, 11) is 0. The summed E-state index contributed by atoms with van der Waals surface area (Å²) in [5, 5.41) is 12.4. The van der Waals surface area contributed by atoms with Gasteiger partial charge in [-0.25, -0.2) is 0 Å². The summed E-state index contributed by atoms with van der Waals surface area (Å²) in [6.07, 6.45) is 0.596. The number of hydrogen-bond donors (Lipinski definition) is 3. The number of amides is 2. The number of nitrogens with zero attached hydrogens (tertiary/aromatic N) is 2. The van der Waals surface area contributed by atoms with Crippen LogP contribution in [-0.2, 0) is 14.4 Å². The topological polar surface area (TPSA) is 90.0 Å². The summed E-state index contributed by atoms with van der Waals surface area (Å²) in [5.74, 6) is -0.686. The lowest BCUT2D eigenvalue weighted by Gasteiger charge is -2.44. The van der Waals surface area contributed by atoms with Crippen LogP contribution in [0.4, 0.5) is 5.69 Å². The maximum atomic E-state index is 12.6. The van der Waals surface area contributed by atoms with Crippen molar-refractivity contribution in [2.45, 2.75) is 31.2 Å². The maximum Gasteiger partial charge on any atom is 0.238 e. The van der Waals surface area contributed by atoms with E-state index in [0.29, 0.717) is 18.7 Å². The highest BCUT2D eigenvalue weighted by atomic mass is 32.2. The number of carbonyl (C=O) groups excluding carboxylic acids is 3. The van der Waals surface area contributed by atoms with E-state index < -0.39 is 17.1 Å². The second-order valence-electron chi connectivity index (χ2n) is 7.87. The van der Waals surface area contributed by atoms with Crippen molar-refractivity contribution in [2.24, 2.45) is 11.8 Å². The molecule has 0 unspecified atom stereocenters. The molecule has 4 rings (SSSR count). The number of para-hydroxylation sites is 1. The van der Waals surface area contributed by atoms with Crippen molar-refractivity contribution in [1.82, 2.24) is 9.80 Å². The number of carbonyl (C=O) groups is 3. The number of aliphatic hydroxyl groups is 1. The van der Waals surface area contributed by atoms with E-state index >= 15 is 0 Å². The van der Waals surface area contributed by atoms with E-state index in [2.05, 4.69) is 22.8 Å². The molecular formula is C21H25N3O4S2. The Morgan fingerprint density at radius 2 is 2.07 bits per heavy atom. The highest BCUT2D eigenvalue weighted by molar-refractivity contribution is 8.04. The van der Waals surface area contributed by atoms with Gasteiger partial charge < -0.3 is 10.4 Å². The maximum absolute atomic E-state index is 12.6. The first-order valence-corrected chi connectivity index (χ1v) is 11.5. The summed E-state index contributed by atoms with van der Waals surface area (Å²) in [6.45, 7) is 3.50. The van der Waals surface area contributed by atoms with Crippen molar-refractivity contribution >= 4 is 47.0 Å². The number of fused-ring (bicyclic) bond motifs is 1. The minimum atomic E-state index is -0.705. The first-order valence-electron chi connectivity index (χ1n) is 10.1. The first-order chi connectivity index (χ1) is 14.4. The van der Waals surface area contributed by atoms with Crippen molar-refractivity contribution in [3.05, 3.63) is 40.9 Å². The number of rotatable bonds is 7. The van der Waals surface area contributed by atoms with Gasteiger partial charge in [-0.05, 0) is 31.5 Å². The Morgan fingerprint density at radius 3 is 2.73 bits per heavy atom. The minimum Gasteiger partial charge on any atom is -0.392 e. The van der Waals surface area contributed by atoms with Crippen LogP contribution in [0.25, 0.3) is 0 Å². The second kappa shape index (κ2) is 8.74. The predicted octanol–water partition coefficient (Wildman–Crippen LogP) is 1.92. The Morgan fingerprint density at radius 1 is 1.33 bits per heavy atom. The molecule has 160 valence electrons. The predicted molar refractivity (Wildman–Crippen MR) is 119 cm³/mol. The van der Waals surface area contributed by atoms with Gasteiger partial charge in [0.05, 0.1) is 18.6 Å². The molecule has 4 atom stereocenters. The van der Waals surface area contributed by atoms with Gasteiger partial charge >= 0.3 is 0 Å². The molecule has 3 aliphatic heterocycles. The number of thiol groups is 1. The number of nitrogens with one attached hydrogen (secondary N) is 1. The quantitative estimate of drug-likeness (QED) is 0.437. The smallest absolute Gasteiger partial charge is 0.238 e. The Bertz CT molecular complexity index is 891. The van der Waals surface area contributed by atoms with E-state index in [0.717, 1.165) is 23.6 Å². The molecule has 3 aliphatic rings. The van der Waals surface area contributed by atoms with E-state index in [1.807, 2.05) is 37.3 Å². The van der Waals surface area contributed by atoms with Crippen molar-refractivity contribution in [3.8, 4) is 0 Å². The largest absolute Gasteiger partial charge is 0.392 e. The lowest BCUT2D eigenvalue weighted by molar-refractivity contribution is -0.154. The molecule has 0 aliphatic carbocycles. The van der Waals surface area contributed by atoms with Gasteiger partial charge in [0.15, 0.2) is 0 Å². The molecule has 0 spiro atoms. The number of anilines is 1. The number of likely N-dealkylation sites (tertiary alicyclic amines) is 1. The number of hydrogen-bond acceptors (Lipinski definition) is 6. The molecule has 30 heavy (non-hydrogen) atoms. The van der Waals surface area contributed by atoms with Gasteiger partial charge in [-0.15, -0.1) is 11.8 Å². The van der Waals surface area contributed by atoms with Gasteiger partial charge in [-0.3, -0.25) is 24.2 Å². The molecular weight excluding hydrogens is 422 g/mol. The molecule has 0 aromatic heterocycles. The molecule has 2 saturated heterocycles. The number of thioether (sulfide) groups is 1. The lowest BCUT2D eigenvalue weighted by atomic mass is 9.89. The van der Waals surface area contributed by atoms with Crippen LogP contribution in [0.3, 0.4) is 0 Å². The zero-order valence-corrected chi connectivity index (χ0v) is 18.4. The van der Waals surface area contributed by atoms with Gasteiger partial charge in [0, 0.05) is 23.1 Å². The normalized spacial score (nSPS) is 27.1. The molecule has 2 fully saturated rings. The van der Waals surface area contributed by atoms with Crippen LogP contribution in [0.1, 0.15) is 19.8 Å². The van der Waals surface area contributed by atoms with Gasteiger partial charge in [-0.2, -0.15) is 0 Å². The molecule has 2 amide bonds. The van der Waals surface area contributed by atoms with Gasteiger partial charge in [0.2, 0.25) is 16.9 Å². The Labute approximate surface area is 185 Å². The number of aliphatic hydroxyl groups excluding tert-OH is 1. The van der Waals surface area contributed by atoms with Crippen LogP contribution in [0.5, 0.6) is 0 Å². The molecule has 0 bridgehead atoms. The Balaban J connectivity index is 1.41. The van der Waals surface area contributed by atoms with Crippen LogP contribution in [0.2, 0.25) is 0 Å². The Hall–Kier alpha value is -1.81. The van der Waals surface area contributed by atoms with Crippen LogP contribution in [0, 0.1) is 11.8 Å². The molecule has 9 heteroatoms. The second-order valence-corrected chi connectivity index (χ2v) is 9.44. The first kappa shape index (κ1) is 21.4. The zero-order valence-electron chi connectivity index (χ0n) is 16.7. The van der Waals surface area contributed by atoms with Crippen LogP contribution < -0.4 is 5.32 Å². The van der Waals surface area contributed by atoms with Crippen molar-refractivity contribution in [3.63, 3.8) is 0 Å². The van der Waals surface area contributed by atoms with Crippen LogP contribution in [0.15, 0.2) is 40.9 Å². The molecule has 0 radical (unpaired) electrons. The third-order valence-electron chi connectivity index (χ3n) is 5.91. The summed E-state index contributed by atoms with van der Waals surface area (Å²) in [4.78, 5) is 41.6. The van der Waals surface area contributed by atoms with E-state index in [-0.39, 0.29) is 29.7 Å². The van der Waals surface area contributed by atoms with E-state index in [1.165, 1.54) is 16.7 Å². The van der Waals surface area contributed by atoms with E-state index in [1.54, 1.807) is 0 Å². The average molecular weight is 448 g/mol. The fraction of sp³-hybridized carbons (Fsp3) is 0.476. The van der Waals surface area contributed by atoms with E-state index in [9.17, 15) is 19.5 Å². The molecule has 3 heterocycles. The van der Waals surface area contributed by atoms with Crippen LogP contribution in [-0.4, -0.2) is 62.9 Å². The van der Waals surface area contributed by atoms with E-state index in [4.69, 9.17) is 0 Å². The Kier molecular flexibility index (Phi) is 6.24. The number of β-lactam (4-membered cyclic amide) rings is 1. The average Bonchev–Trinajstić information content (AvgIpc) is 3.31. The lowest BCUT2D eigenvalue weighted by Crippen LogP contribution is -2.61. The van der Waals surface area contributed by atoms with Crippen LogP contribution >= 0.6 is 24.4 Å². The molecule has 1 aromatic rings. The third kappa shape index (κ3) is 3.91. The molecule has 0 saturated carbocycles. The van der Waals surface area contributed by atoms with Gasteiger partial charge in [0.25, 0.3) is 0 Å². The monoisotopic (exact) mass is 447 g/mol. The number of benzene rings is 1. The van der Waals surface area contributed by atoms with Crippen molar-refractivity contribution < 1.29 is 19.5 Å². The SMILES string of the molecule is CC[C@H](O)[C@@H]1C(=O)N2C(C(=O)S)=C([C@H]3CCN(CC(=O)Nc4ccccc4)C3)S[C@H]12. The fourth-order valence-corrected chi connectivity index (χ4v) is 6.39. The standard InChI is InChI=1S/C21H25N3O4S2/c1-2-14(25)16-19(27)24-17(21(28)29)18(30-20(16)24)12-8-9-23(10-12)11-15(26)22-13-6-4-3-5-7-13/h3-7,12,14,16,20,25H,2,8-11H2,1H3,(H,22,26)(H,28,29)/t12-,14-,16+,20+/m0/s1. The summed E-state index contributed by atoms with van der Waals surface area (Å²) in [5.41, 5.74) is 1.12.